The number of amides is 1. The molecule has 0 aliphatic heterocycles. The minimum absolute atomic E-state index is 0.0969. The molecule has 0 spiro atoms. The first kappa shape index (κ1) is 19.1. The number of rotatable bonds is 6. The molecule has 0 radical (unpaired) electrons. The van der Waals surface area contributed by atoms with Crippen molar-refractivity contribution in [2.75, 3.05) is 22.5 Å². The molecular formula is C20H22N6O2. The molecule has 0 atom stereocenters. The van der Waals surface area contributed by atoms with Gasteiger partial charge in [-0.05, 0) is 50.2 Å². The number of hydrogen-bond acceptors (Lipinski definition) is 6. The molecule has 144 valence electrons. The first-order chi connectivity index (χ1) is 13.5. The van der Waals surface area contributed by atoms with Crippen LogP contribution >= 0.6 is 0 Å². The second kappa shape index (κ2) is 8.34. The molecule has 2 aromatic heterocycles. The van der Waals surface area contributed by atoms with Crippen molar-refractivity contribution in [3.63, 3.8) is 0 Å². The average molecular weight is 378 g/mol. The lowest BCUT2D eigenvalue weighted by atomic mass is 10.2. The maximum atomic E-state index is 12.3. The normalized spacial score (nSPS) is 10.4. The van der Waals surface area contributed by atoms with Gasteiger partial charge < -0.3 is 20.5 Å². The number of nitrogens with one attached hydrogen (secondary N) is 3. The molecule has 0 aliphatic rings. The first-order valence-electron chi connectivity index (χ1n) is 8.90. The highest BCUT2D eigenvalue weighted by Gasteiger charge is 2.11. The third kappa shape index (κ3) is 4.53. The molecule has 0 saturated carbocycles. The largest absolute Gasteiger partial charge is 0.354 e. The van der Waals surface area contributed by atoms with Gasteiger partial charge in [-0.1, -0.05) is 0 Å². The molecule has 1 amide bonds. The smallest absolute Gasteiger partial charge is 0.263 e. The van der Waals surface area contributed by atoms with E-state index < -0.39 is 5.91 Å². The van der Waals surface area contributed by atoms with Gasteiger partial charge >= 0.3 is 0 Å². The zero-order valence-electron chi connectivity index (χ0n) is 16.0. The molecule has 0 aliphatic carbocycles. The lowest BCUT2D eigenvalue weighted by Crippen LogP contribution is -2.26. The van der Waals surface area contributed by atoms with Gasteiger partial charge in [-0.2, -0.15) is 4.98 Å². The van der Waals surface area contributed by atoms with Crippen LogP contribution in [-0.4, -0.2) is 27.0 Å². The van der Waals surface area contributed by atoms with Crippen LogP contribution in [0.2, 0.25) is 0 Å². The number of nitrogens with zero attached hydrogens (tertiary/aromatic N) is 3. The Morgan fingerprint density at radius 1 is 1.11 bits per heavy atom. The highest BCUT2D eigenvalue weighted by atomic mass is 16.2. The molecule has 8 nitrogen and oxygen atoms in total. The number of carbonyl (C=O) groups is 1. The van der Waals surface area contributed by atoms with Crippen molar-refractivity contribution in [1.82, 2.24) is 14.5 Å². The number of pyridine rings is 1. The average Bonchev–Trinajstić information content (AvgIpc) is 2.65. The Labute approximate surface area is 162 Å². The third-order valence-electron chi connectivity index (χ3n) is 3.97. The van der Waals surface area contributed by atoms with Crippen molar-refractivity contribution in [2.24, 2.45) is 7.05 Å². The highest BCUT2D eigenvalue weighted by molar-refractivity contribution is 6.04. The molecule has 0 bridgehead atoms. The van der Waals surface area contributed by atoms with Gasteiger partial charge in [0.15, 0.2) is 0 Å². The molecule has 3 aromatic rings. The van der Waals surface area contributed by atoms with Crippen molar-refractivity contribution in [3.05, 3.63) is 70.3 Å². The molecule has 0 fully saturated rings. The predicted octanol–water partition coefficient (Wildman–Crippen LogP) is 2.91. The van der Waals surface area contributed by atoms with Crippen molar-refractivity contribution in [2.45, 2.75) is 13.8 Å². The van der Waals surface area contributed by atoms with Crippen LogP contribution in [0.1, 0.15) is 23.0 Å². The second-order valence-electron chi connectivity index (χ2n) is 6.24. The van der Waals surface area contributed by atoms with Crippen LogP contribution < -0.4 is 21.5 Å². The Kier molecular flexibility index (Phi) is 5.69. The summed E-state index contributed by atoms with van der Waals surface area (Å²) in [6.45, 7) is 4.62. The van der Waals surface area contributed by atoms with Crippen LogP contribution in [0, 0.1) is 6.92 Å². The van der Waals surface area contributed by atoms with Crippen LogP contribution in [0.3, 0.4) is 0 Å². The van der Waals surface area contributed by atoms with Gasteiger partial charge in [-0.25, -0.2) is 4.98 Å². The molecule has 1 aromatic carbocycles. The fourth-order valence-electron chi connectivity index (χ4n) is 2.62. The summed E-state index contributed by atoms with van der Waals surface area (Å²) < 4.78 is 1.37. The zero-order chi connectivity index (χ0) is 20.1. The second-order valence-corrected chi connectivity index (χ2v) is 6.24. The molecular weight excluding hydrogens is 356 g/mol. The Morgan fingerprint density at radius 2 is 1.82 bits per heavy atom. The highest BCUT2D eigenvalue weighted by Crippen LogP contribution is 2.19. The SMILES string of the molecule is CCNc1nc(C)cc(Nc2ccc(NC(=O)c3cccn(C)c3=O)cc2)n1. The molecule has 28 heavy (non-hydrogen) atoms. The summed E-state index contributed by atoms with van der Waals surface area (Å²) in [6, 6.07) is 12.2. The Morgan fingerprint density at radius 3 is 2.54 bits per heavy atom. The van der Waals surface area contributed by atoms with E-state index in [1.54, 1.807) is 31.4 Å². The van der Waals surface area contributed by atoms with E-state index >= 15 is 0 Å². The topological polar surface area (TPSA) is 101 Å². The van der Waals surface area contributed by atoms with Gasteiger partial charge in [-0.3, -0.25) is 9.59 Å². The van der Waals surface area contributed by atoms with Crippen molar-refractivity contribution < 1.29 is 4.79 Å². The van der Waals surface area contributed by atoms with Gasteiger partial charge in [0, 0.05) is 42.9 Å². The molecule has 0 unspecified atom stereocenters. The fourth-order valence-corrected chi connectivity index (χ4v) is 2.62. The Bertz CT molecular complexity index is 1040. The maximum Gasteiger partial charge on any atom is 0.263 e. The van der Waals surface area contributed by atoms with Crippen molar-refractivity contribution in [3.8, 4) is 0 Å². The summed E-state index contributed by atoms with van der Waals surface area (Å²) in [5.41, 5.74) is 2.01. The first-order valence-corrected chi connectivity index (χ1v) is 8.90. The van der Waals surface area contributed by atoms with Crippen LogP contribution in [0.5, 0.6) is 0 Å². The van der Waals surface area contributed by atoms with Crippen LogP contribution in [0.15, 0.2) is 53.5 Å². The quantitative estimate of drug-likeness (QED) is 0.610. The molecule has 3 N–H and O–H groups in total. The minimum atomic E-state index is -0.441. The summed E-state index contributed by atoms with van der Waals surface area (Å²) in [7, 11) is 1.61. The van der Waals surface area contributed by atoms with E-state index in [2.05, 4.69) is 25.9 Å². The van der Waals surface area contributed by atoms with E-state index in [-0.39, 0.29) is 11.1 Å². The Balaban J connectivity index is 1.71. The number of aryl methyl sites for hydroxylation is 2. The van der Waals surface area contributed by atoms with Gasteiger partial charge in [0.05, 0.1) is 0 Å². The maximum absolute atomic E-state index is 12.3. The fraction of sp³-hybridized carbons (Fsp3) is 0.200. The van der Waals surface area contributed by atoms with E-state index in [1.165, 1.54) is 10.6 Å². The zero-order valence-corrected chi connectivity index (χ0v) is 16.0. The summed E-state index contributed by atoms with van der Waals surface area (Å²) in [6.07, 6.45) is 1.61. The van der Waals surface area contributed by atoms with E-state index in [0.717, 1.165) is 17.9 Å². The van der Waals surface area contributed by atoms with E-state index in [1.807, 2.05) is 32.0 Å². The van der Waals surface area contributed by atoms with Crippen molar-refractivity contribution >= 4 is 29.0 Å². The predicted molar refractivity (Wildman–Crippen MR) is 110 cm³/mol. The van der Waals surface area contributed by atoms with Crippen LogP contribution in [0.4, 0.5) is 23.1 Å². The van der Waals surface area contributed by atoms with Crippen molar-refractivity contribution in [1.29, 1.82) is 0 Å². The minimum Gasteiger partial charge on any atom is -0.354 e. The van der Waals surface area contributed by atoms with Gasteiger partial charge in [-0.15, -0.1) is 0 Å². The Hall–Kier alpha value is -3.68. The number of hydrogen-bond donors (Lipinski definition) is 3. The molecule has 3 rings (SSSR count). The van der Waals surface area contributed by atoms with E-state index in [0.29, 0.717) is 17.5 Å². The van der Waals surface area contributed by atoms with E-state index in [9.17, 15) is 9.59 Å². The molecule has 8 heteroatoms. The van der Waals surface area contributed by atoms with Gasteiger partial charge in [0.2, 0.25) is 5.95 Å². The van der Waals surface area contributed by atoms with Gasteiger partial charge in [0.1, 0.15) is 11.4 Å². The van der Waals surface area contributed by atoms with Crippen LogP contribution in [-0.2, 0) is 7.05 Å². The number of benzene rings is 1. The summed E-state index contributed by atoms with van der Waals surface area (Å²) in [5.74, 6) is 0.801. The number of carbonyl (C=O) groups excluding carboxylic acids is 1. The molecule has 2 heterocycles. The lowest BCUT2D eigenvalue weighted by molar-refractivity contribution is 0.102. The number of aromatic nitrogens is 3. The standard InChI is InChI=1S/C20H22N6O2/c1-4-21-20-22-13(2)12-17(25-20)23-14-7-9-15(10-8-14)24-18(27)16-6-5-11-26(3)19(16)28/h5-12H,4H2,1-3H3,(H,24,27)(H2,21,22,23,25). The third-order valence-corrected chi connectivity index (χ3v) is 3.97. The summed E-state index contributed by atoms with van der Waals surface area (Å²) in [5, 5.41) is 9.04. The van der Waals surface area contributed by atoms with Crippen LogP contribution in [0.25, 0.3) is 0 Å². The summed E-state index contributed by atoms with van der Waals surface area (Å²) >= 11 is 0. The lowest BCUT2D eigenvalue weighted by Gasteiger charge is -2.10. The summed E-state index contributed by atoms with van der Waals surface area (Å²) in [4.78, 5) is 33.1. The number of anilines is 4. The van der Waals surface area contributed by atoms with Gasteiger partial charge in [0.25, 0.3) is 11.5 Å². The monoisotopic (exact) mass is 378 g/mol. The molecule has 0 saturated heterocycles. The van der Waals surface area contributed by atoms with E-state index in [4.69, 9.17) is 0 Å².